The van der Waals surface area contributed by atoms with E-state index in [1.165, 1.54) is 44.9 Å². The first-order valence-electron chi connectivity index (χ1n) is 9.91. The van der Waals surface area contributed by atoms with E-state index in [2.05, 4.69) is 19.6 Å². The van der Waals surface area contributed by atoms with E-state index in [0.29, 0.717) is 16.9 Å². The summed E-state index contributed by atoms with van der Waals surface area (Å²) in [5.41, 5.74) is 0.844. The van der Waals surface area contributed by atoms with E-state index in [1.54, 1.807) is 18.2 Å². The molecule has 1 aromatic rings. The van der Waals surface area contributed by atoms with E-state index in [-0.39, 0.29) is 22.7 Å². The molecular formula is C22H30O3S. The Balaban J connectivity index is 1.78. The van der Waals surface area contributed by atoms with E-state index in [4.69, 9.17) is 0 Å². The zero-order valence-corrected chi connectivity index (χ0v) is 16.6. The minimum atomic E-state index is -0.461. The van der Waals surface area contributed by atoms with Crippen molar-refractivity contribution in [2.75, 3.05) is 0 Å². The number of carbonyl (C=O) groups is 2. The van der Waals surface area contributed by atoms with Gasteiger partial charge in [0.15, 0.2) is 11.5 Å². The molecule has 4 heteroatoms. The summed E-state index contributed by atoms with van der Waals surface area (Å²) >= 11 is 4.31. The van der Waals surface area contributed by atoms with Gasteiger partial charge in [0, 0.05) is 21.6 Å². The molecule has 0 saturated carbocycles. The van der Waals surface area contributed by atoms with Gasteiger partial charge in [-0.25, -0.2) is 0 Å². The third-order valence-corrected chi connectivity index (χ3v) is 5.44. The molecule has 0 aromatic heterocycles. The fraction of sp³-hybridized carbons (Fsp3) is 0.545. The number of unbranched alkanes of at least 4 members (excludes halogenated alkanes) is 9. The number of thiol groups is 1. The summed E-state index contributed by atoms with van der Waals surface area (Å²) in [7, 11) is 0. The highest BCUT2D eigenvalue weighted by Gasteiger charge is 2.32. The summed E-state index contributed by atoms with van der Waals surface area (Å²) in [6.07, 6.45) is 12.5. The number of allylic oxidation sites excluding steroid dienone is 2. The molecule has 0 fully saturated rings. The average Bonchev–Trinajstić information content (AvgIpc) is 2.63. The number of hydrogen-bond acceptors (Lipinski definition) is 4. The van der Waals surface area contributed by atoms with Gasteiger partial charge in [-0.05, 0) is 18.9 Å². The van der Waals surface area contributed by atoms with Crippen LogP contribution < -0.4 is 0 Å². The molecule has 1 aliphatic rings. The van der Waals surface area contributed by atoms with Crippen LogP contribution in [0.4, 0.5) is 0 Å². The molecule has 1 N–H and O–H groups in total. The molecule has 142 valence electrons. The molecule has 0 saturated heterocycles. The van der Waals surface area contributed by atoms with E-state index in [0.717, 1.165) is 19.3 Å². The van der Waals surface area contributed by atoms with Crippen LogP contribution in [-0.2, 0) is 0 Å². The largest absolute Gasteiger partial charge is 0.504 e. The number of benzene rings is 1. The Morgan fingerprint density at radius 3 is 2.04 bits per heavy atom. The number of fused-ring (bicyclic) bond motifs is 1. The van der Waals surface area contributed by atoms with Crippen molar-refractivity contribution in [3.8, 4) is 0 Å². The molecule has 0 unspecified atom stereocenters. The van der Waals surface area contributed by atoms with Gasteiger partial charge in [0.05, 0.1) is 0 Å². The van der Waals surface area contributed by atoms with Crippen LogP contribution in [0.25, 0.3) is 0 Å². The van der Waals surface area contributed by atoms with Crippen molar-refractivity contribution in [1.29, 1.82) is 0 Å². The Bertz CT molecular complexity index is 676. The minimum absolute atomic E-state index is 0.251. The van der Waals surface area contributed by atoms with Gasteiger partial charge in [0.2, 0.25) is 5.78 Å². The summed E-state index contributed by atoms with van der Waals surface area (Å²) in [5.74, 6) is -1.09. The van der Waals surface area contributed by atoms with Gasteiger partial charge in [-0.3, -0.25) is 9.59 Å². The number of Topliss-reactive ketones (excluding diaryl/α,β-unsaturated/α-hetero) is 2. The molecule has 0 spiro atoms. The SMILES string of the molecule is CCCCCCCCCCCCC1=C(O)C(=O)c2cccc(S)c2C1=O. The first-order chi connectivity index (χ1) is 12.6. The van der Waals surface area contributed by atoms with Gasteiger partial charge < -0.3 is 5.11 Å². The van der Waals surface area contributed by atoms with Crippen LogP contribution in [0.2, 0.25) is 0 Å². The van der Waals surface area contributed by atoms with E-state index < -0.39 is 5.78 Å². The fourth-order valence-corrected chi connectivity index (χ4v) is 3.82. The first-order valence-corrected chi connectivity index (χ1v) is 10.4. The highest BCUT2D eigenvalue weighted by molar-refractivity contribution is 7.80. The van der Waals surface area contributed by atoms with Crippen molar-refractivity contribution in [2.24, 2.45) is 0 Å². The number of hydrogen-bond donors (Lipinski definition) is 2. The lowest BCUT2D eigenvalue weighted by atomic mass is 9.86. The van der Waals surface area contributed by atoms with Crippen LogP contribution in [0.5, 0.6) is 0 Å². The summed E-state index contributed by atoms with van der Waals surface area (Å²) in [6.45, 7) is 2.23. The molecular weight excluding hydrogens is 344 g/mol. The third-order valence-electron chi connectivity index (χ3n) is 5.07. The molecule has 0 heterocycles. The van der Waals surface area contributed by atoms with E-state index >= 15 is 0 Å². The highest BCUT2D eigenvalue weighted by atomic mass is 32.1. The normalized spacial score (nSPS) is 14.1. The van der Waals surface area contributed by atoms with Crippen molar-refractivity contribution in [3.05, 3.63) is 40.7 Å². The zero-order valence-electron chi connectivity index (χ0n) is 15.7. The Labute approximate surface area is 162 Å². The van der Waals surface area contributed by atoms with Gasteiger partial charge in [-0.2, -0.15) is 0 Å². The molecule has 0 bridgehead atoms. The quantitative estimate of drug-likeness (QED) is 0.344. The van der Waals surface area contributed by atoms with E-state index in [1.807, 2.05) is 0 Å². The Morgan fingerprint density at radius 1 is 0.846 bits per heavy atom. The maximum atomic E-state index is 12.7. The van der Waals surface area contributed by atoms with E-state index in [9.17, 15) is 14.7 Å². The van der Waals surface area contributed by atoms with Crippen LogP contribution in [0.15, 0.2) is 34.4 Å². The molecule has 1 aliphatic carbocycles. The van der Waals surface area contributed by atoms with Gasteiger partial charge >= 0.3 is 0 Å². The molecule has 3 nitrogen and oxygen atoms in total. The summed E-state index contributed by atoms with van der Waals surface area (Å²) in [5, 5.41) is 10.2. The van der Waals surface area contributed by atoms with Crippen molar-refractivity contribution < 1.29 is 14.7 Å². The summed E-state index contributed by atoms with van der Waals surface area (Å²) < 4.78 is 0. The third kappa shape index (κ3) is 5.23. The Morgan fingerprint density at radius 2 is 1.42 bits per heavy atom. The molecule has 0 aliphatic heterocycles. The van der Waals surface area contributed by atoms with Gasteiger partial charge in [-0.15, -0.1) is 12.6 Å². The summed E-state index contributed by atoms with van der Waals surface area (Å²) in [6, 6.07) is 4.95. The molecule has 26 heavy (non-hydrogen) atoms. The second-order valence-corrected chi connectivity index (χ2v) is 7.60. The standard InChI is InChI=1S/C22H30O3S/c1-2-3-4-5-6-7-8-9-10-11-13-17-20(23)19-16(21(24)22(17)25)14-12-15-18(19)26/h12,14-15,25-26H,2-11,13H2,1H3. The maximum absolute atomic E-state index is 12.7. The lowest BCUT2D eigenvalue weighted by molar-refractivity contribution is 0.0924. The van der Waals surface area contributed by atoms with Crippen LogP contribution in [0.3, 0.4) is 0 Å². The van der Waals surface area contributed by atoms with Crippen molar-refractivity contribution in [1.82, 2.24) is 0 Å². The number of rotatable bonds is 11. The predicted octanol–water partition coefficient (Wildman–Crippen LogP) is 6.48. The predicted molar refractivity (Wildman–Crippen MR) is 108 cm³/mol. The lowest BCUT2D eigenvalue weighted by Crippen LogP contribution is -2.22. The van der Waals surface area contributed by atoms with Crippen molar-refractivity contribution >= 4 is 24.2 Å². The zero-order chi connectivity index (χ0) is 18.9. The second-order valence-electron chi connectivity index (χ2n) is 7.12. The van der Waals surface area contributed by atoms with Gasteiger partial charge in [0.25, 0.3) is 0 Å². The number of aliphatic hydroxyl groups is 1. The first kappa shape index (κ1) is 20.8. The van der Waals surface area contributed by atoms with Crippen LogP contribution in [-0.4, -0.2) is 16.7 Å². The lowest BCUT2D eigenvalue weighted by Gasteiger charge is -2.19. The number of aliphatic hydroxyl groups excluding tert-OH is 1. The molecule has 2 rings (SSSR count). The molecule has 0 radical (unpaired) electrons. The summed E-state index contributed by atoms with van der Waals surface area (Å²) in [4.78, 5) is 25.5. The number of carbonyl (C=O) groups excluding carboxylic acids is 2. The molecule has 0 amide bonds. The van der Waals surface area contributed by atoms with Crippen LogP contribution in [0.1, 0.15) is 98.3 Å². The average molecular weight is 375 g/mol. The van der Waals surface area contributed by atoms with Crippen LogP contribution in [0, 0.1) is 0 Å². The van der Waals surface area contributed by atoms with Crippen molar-refractivity contribution in [3.63, 3.8) is 0 Å². The highest BCUT2D eigenvalue weighted by Crippen LogP contribution is 2.31. The van der Waals surface area contributed by atoms with Gasteiger partial charge in [0.1, 0.15) is 0 Å². The maximum Gasteiger partial charge on any atom is 0.228 e. The Hall–Kier alpha value is -1.55. The molecule has 0 atom stereocenters. The molecule has 1 aromatic carbocycles. The van der Waals surface area contributed by atoms with Gasteiger partial charge in [-0.1, -0.05) is 76.8 Å². The Kier molecular flexibility index (Phi) is 8.43. The topological polar surface area (TPSA) is 54.4 Å². The monoisotopic (exact) mass is 374 g/mol. The second kappa shape index (κ2) is 10.6. The van der Waals surface area contributed by atoms with Crippen molar-refractivity contribution in [2.45, 2.75) is 82.4 Å². The number of ketones is 2. The minimum Gasteiger partial charge on any atom is -0.504 e. The smallest absolute Gasteiger partial charge is 0.228 e. The fourth-order valence-electron chi connectivity index (χ4n) is 3.51. The van der Waals surface area contributed by atoms with Crippen LogP contribution >= 0.6 is 12.6 Å².